The van der Waals surface area contributed by atoms with Gasteiger partial charge in [-0.1, -0.05) is 23.2 Å². The largest absolute Gasteiger partial charge is 0.493 e. The van der Waals surface area contributed by atoms with Gasteiger partial charge in [-0.2, -0.15) is 0 Å². The van der Waals surface area contributed by atoms with Crippen LogP contribution in [0.2, 0.25) is 10.0 Å². The van der Waals surface area contributed by atoms with Crippen molar-refractivity contribution in [2.75, 3.05) is 19.5 Å². The molecule has 11 heteroatoms. The van der Waals surface area contributed by atoms with Crippen molar-refractivity contribution in [3.63, 3.8) is 0 Å². The molecule has 0 bridgehead atoms. The Kier molecular flexibility index (Phi) is 7.73. The highest BCUT2D eigenvalue weighted by molar-refractivity contribution is 7.80. The molecule has 4 aromatic rings. The normalized spacial score (nSPS) is 10.6. The molecular weight excluding hydrogens is 528 g/mol. The van der Waals surface area contributed by atoms with E-state index < -0.39 is 11.7 Å². The molecule has 0 aliphatic rings. The Bertz CT molecular complexity index is 1490. The van der Waals surface area contributed by atoms with Gasteiger partial charge in [-0.25, -0.2) is 4.39 Å². The number of pyridine rings is 1. The molecule has 0 aliphatic carbocycles. The van der Waals surface area contributed by atoms with Gasteiger partial charge < -0.3 is 19.5 Å². The maximum absolute atomic E-state index is 14.9. The van der Waals surface area contributed by atoms with Gasteiger partial charge in [0.2, 0.25) is 0 Å². The monoisotopic (exact) mass is 545 g/mol. The maximum Gasteiger partial charge on any atom is 0.258 e. The first-order valence-electron chi connectivity index (χ1n) is 10.3. The second kappa shape index (κ2) is 10.9. The molecule has 184 valence electrons. The van der Waals surface area contributed by atoms with Crippen LogP contribution in [0.25, 0.3) is 10.9 Å². The van der Waals surface area contributed by atoms with Crippen molar-refractivity contribution >= 4 is 63.0 Å². The van der Waals surface area contributed by atoms with E-state index in [9.17, 15) is 9.18 Å². The predicted molar refractivity (Wildman–Crippen MR) is 141 cm³/mol. The standard InChI is InChI=1S/C25H18Cl2FN3O4S/c1-33-22-11-16-19(12-23(22)34-2)29-8-7-20(16)35-21-6-4-14(10-18(21)28)30-25(36)31-24(32)15-5-3-13(26)9-17(15)27/h3-12H,1-2H3,(H2,30,31,32,36). The first kappa shape index (κ1) is 25.4. The first-order chi connectivity index (χ1) is 17.3. The summed E-state index contributed by atoms with van der Waals surface area (Å²) in [6, 6.07) is 13.7. The molecule has 0 saturated heterocycles. The van der Waals surface area contributed by atoms with Gasteiger partial charge in [0.05, 0.1) is 30.3 Å². The lowest BCUT2D eigenvalue weighted by atomic mass is 10.2. The van der Waals surface area contributed by atoms with E-state index in [-0.39, 0.29) is 21.4 Å². The summed E-state index contributed by atoms with van der Waals surface area (Å²) in [5.41, 5.74) is 1.09. The summed E-state index contributed by atoms with van der Waals surface area (Å²) >= 11 is 17.1. The smallest absolute Gasteiger partial charge is 0.258 e. The highest BCUT2D eigenvalue weighted by Crippen LogP contribution is 2.37. The minimum Gasteiger partial charge on any atom is -0.493 e. The predicted octanol–water partition coefficient (Wildman–Crippen LogP) is 6.62. The molecule has 0 saturated carbocycles. The second-order valence-electron chi connectivity index (χ2n) is 7.31. The summed E-state index contributed by atoms with van der Waals surface area (Å²) in [6.45, 7) is 0. The Morgan fingerprint density at radius 3 is 2.39 bits per heavy atom. The minimum atomic E-state index is -0.652. The first-order valence-corrected chi connectivity index (χ1v) is 11.5. The van der Waals surface area contributed by atoms with Crippen molar-refractivity contribution in [2.45, 2.75) is 0 Å². The Hall–Kier alpha value is -3.66. The zero-order valence-electron chi connectivity index (χ0n) is 18.9. The number of nitrogens with one attached hydrogen (secondary N) is 2. The molecule has 0 spiro atoms. The molecule has 0 atom stereocenters. The van der Waals surface area contributed by atoms with Gasteiger partial charge in [-0.15, -0.1) is 0 Å². The summed E-state index contributed by atoms with van der Waals surface area (Å²) in [7, 11) is 3.04. The van der Waals surface area contributed by atoms with Crippen molar-refractivity contribution in [1.29, 1.82) is 0 Å². The number of methoxy groups -OCH3 is 2. The number of benzene rings is 3. The molecule has 0 radical (unpaired) electrons. The van der Waals surface area contributed by atoms with Crippen LogP contribution in [-0.4, -0.2) is 30.2 Å². The quantitative estimate of drug-likeness (QED) is 0.263. The van der Waals surface area contributed by atoms with E-state index in [0.717, 1.165) is 0 Å². The van der Waals surface area contributed by atoms with Crippen LogP contribution in [0.3, 0.4) is 0 Å². The van der Waals surface area contributed by atoms with Crippen LogP contribution < -0.4 is 24.8 Å². The third-order valence-electron chi connectivity index (χ3n) is 5.02. The van der Waals surface area contributed by atoms with Gasteiger partial charge in [0.25, 0.3) is 5.91 Å². The lowest BCUT2D eigenvalue weighted by molar-refractivity contribution is 0.0978. The fourth-order valence-corrected chi connectivity index (χ4v) is 4.03. The van der Waals surface area contributed by atoms with Gasteiger partial charge in [-0.3, -0.25) is 15.1 Å². The van der Waals surface area contributed by atoms with E-state index in [0.29, 0.717) is 38.9 Å². The lowest BCUT2D eigenvalue weighted by Gasteiger charge is -2.14. The van der Waals surface area contributed by atoms with Crippen LogP contribution >= 0.6 is 35.4 Å². The Labute approximate surface area is 221 Å². The molecule has 1 amide bonds. The van der Waals surface area contributed by atoms with Crippen LogP contribution in [0.5, 0.6) is 23.0 Å². The SMILES string of the molecule is COc1cc2nccc(Oc3ccc(NC(=S)NC(=O)c4ccc(Cl)cc4Cl)cc3F)c2cc1OC. The molecule has 1 aromatic heterocycles. The number of anilines is 1. The van der Waals surface area contributed by atoms with Crippen molar-refractivity contribution in [3.05, 3.63) is 82.2 Å². The molecule has 0 unspecified atom stereocenters. The van der Waals surface area contributed by atoms with Gasteiger partial charge in [0.1, 0.15) is 5.75 Å². The number of nitrogens with zero attached hydrogens (tertiary/aromatic N) is 1. The summed E-state index contributed by atoms with van der Waals surface area (Å²) < 4.78 is 31.4. The number of hydrogen-bond donors (Lipinski definition) is 2. The topological polar surface area (TPSA) is 81.7 Å². The Morgan fingerprint density at radius 2 is 1.69 bits per heavy atom. The van der Waals surface area contributed by atoms with Crippen LogP contribution in [-0.2, 0) is 0 Å². The molecule has 1 heterocycles. The maximum atomic E-state index is 14.9. The van der Waals surface area contributed by atoms with Crippen molar-refractivity contribution < 1.29 is 23.4 Å². The summed E-state index contributed by atoms with van der Waals surface area (Å²) in [5, 5.41) is 6.39. The number of carbonyl (C=O) groups is 1. The third-order valence-corrected chi connectivity index (χ3v) is 5.77. The number of amides is 1. The average molecular weight is 546 g/mol. The van der Waals surface area contributed by atoms with Gasteiger partial charge >= 0.3 is 0 Å². The van der Waals surface area contributed by atoms with Crippen LogP contribution in [0.1, 0.15) is 10.4 Å². The number of thiocarbonyl (C=S) groups is 1. The second-order valence-corrected chi connectivity index (χ2v) is 8.56. The van der Waals surface area contributed by atoms with Crippen LogP contribution in [0.15, 0.2) is 60.8 Å². The number of fused-ring (bicyclic) bond motifs is 1. The molecule has 4 rings (SSSR count). The minimum absolute atomic E-state index is 0.0225. The van der Waals surface area contributed by atoms with E-state index >= 15 is 0 Å². The number of ether oxygens (including phenoxy) is 3. The van der Waals surface area contributed by atoms with Crippen molar-refractivity contribution in [2.24, 2.45) is 0 Å². The molecule has 0 fully saturated rings. The fourth-order valence-electron chi connectivity index (χ4n) is 3.32. The van der Waals surface area contributed by atoms with Crippen molar-refractivity contribution in [1.82, 2.24) is 10.3 Å². The molecular formula is C25H18Cl2FN3O4S. The summed E-state index contributed by atoms with van der Waals surface area (Å²) in [6.07, 6.45) is 1.55. The number of aromatic nitrogens is 1. The highest BCUT2D eigenvalue weighted by Gasteiger charge is 2.15. The molecule has 2 N–H and O–H groups in total. The van der Waals surface area contributed by atoms with E-state index in [1.54, 1.807) is 30.5 Å². The van der Waals surface area contributed by atoms with Gasteiger partial charge in [0.15, 0.2) is 28.2 Å². The van der Waals surface area contributed by atoms with Crippen LogP contribution in [0, 0.1) is 5.82 Å². The average Bonchev–Trinajstić information content (AvgIpc) is 2.84. The van der Waals surface area contributed by atoms with Crippen LogP contribution in [0.4, 0.5) is 10.1 Å². The molecule has 36 heavy (non-hydrogen) atoms. The molecule has 3 aromatic carbocycles. The zero-order valence-corrected chi connectivity index (χ0v) is 21.2. The zero-order chi connectivity index (χ0) is 25.8. The summed E-state index contributed by atoms with van der Waals surface area (Å²) in [4.78, 5) is 16.7. The lowest BCUT2D eigenvalue weighted by Crippen LogP contribution is -2.34. The van der Waals surface area contributed by atoms with E-state index in [1.807, 2.05) is 0 Å². The number of rotatable bonds is 6. The number of carbonyl (C=O) groups excluding carboxylic acids is 1. The van der Waals surface area contributed by atoms with Crippen molar-refractivity contribution in [3.8, 4) is 23.0 Å². The van der Waals surface area contributed by atoms with E-state index in [2.05, 4.69) is 15.6 Å². The third kappa shape index (κ3) is 5.59. The Balaban J connectivity index is 1.49. The van der Waals surface area contributed by atoms with E-state index in [4.69, 9.17) is 49.6 Å². The molecule has 0 aliphatic heterocycles. The Morgan fingerprint density at radius 1 is 0.944 bits per heavy atom. The molecule has 7 nitrogen and oxygen atoms in total. The van der Waals surface area contributed by atoms with Gasteiger partial charge in [0, 0.05) is 34.4 Å². The van der Waals surface area contributed by atoms with Gasteiger partial charge in [-0.05, 0) is 54.7 Å². The number of halogens is 3. The fraction of sp³-hybridized carbons (Fsp3) is 0.0800. The summed E-state index contributed by atoms with van der Waals surface area (Å²) in [5.74, 6) is 0.163. The van der Waals surface area contributed by atoms with E-state index in [1.165, 1.54) is 44.6 Å². The highest BCUT2D eigenvalue weighted by atomic mass is 35.5. The number of hydrogen-bond acceptors (Lipinski definition) is 6.